The number of halogens is 1. The van der Waals surface area contributed by atoms with Gasteiger partial charge in [0, 0.05) is 13.2 Å². The summed E-state index contributed by atoms with van der Waals surface area (Å²) in [7, 11) is 1.58. The average Bonchev–Trinajstić information content (AvgIpc) is 2.35. The Morgan fingerprint density at radius 1 is 1.10 bits per heavy atom. The van der Waals surface area contributed by atoms with Crippen molar-refractivity contribution in [2.24, 2.45) is 0 Å². The minimum Gasteiger partial charge on any atom is -0.439 e. The number of hydrogen-bond donors (Lipinski definition) is 0. The van der Waals surface area contributed by atoms with Crippen LogP contribution >= 0.6 is 11.6 Å². The second-order valence-electron chi connectivity index (χ2n) is 4.69. The van der Waals surface area contributed by atoms with Crippen LogP contribution in [0.25, 0.3) is 0 Å². The first-order chi connectivity index (χ1) is 9.49. The van der Waals surface area contributed by atoms with Crippen LogP contribution in [-0.2, 0) is 11.3 Å². The molecule has 0 aliphatic rings. The molecule has 0 saturated heterocycles. The molecule has 0 saturated carbocycles. The maximum atomic E-state index is 5.97. The van der Waals surface area contributed by atoms with E-state index in [1.165, 1.54) is 5.56 Å². The van der Waals surface area contributed by atoms with E-state index in [0.717, 1.165) is 16.9 Å². The molecule has 1 heterocycles. The van der Waals surface area contributed by atoms with Crippen molar-refractivity contribution in [1.29, 1.82) is 0 Å². The molecule has 0 atom stereocenters. The van der Waals surface area contributed by atoms with Crippen molar-refractivity contribution < 1.29 is 9.47 Å². The van der Waals surface area contributed by atoms with E-state index < -0.39 is 0 Å². The Morgan fingerprint density at radius 3 is 2.55 bits per heavy atom. The van der Waals surface area contributed by atoms with Crippen LogP contribution in [0.15, 0.2) is 18.2 Å². The zero-order chi connectivity index (χ0) is 14.7. The van der Waals surface area contributed by atoms with E-state index in [1.807, 2.05) is 19.9 Å². The van der Waals surface area contributed by atoms with Gasteiger partial charge in [-0.25, -0.2) is 4.98 Å². The van der Waals surface area contributed by atoms with Crippen molar-refractivity contribution in [2.45, 2.75) is 27.4 Å². The monoisotopic (exact) mass is 292 g/mol. The zero-order valence-corrected chi connectivity index (χ0v) is 12.8. The topological polar surface area (TPSA) is 44.2 Å². The molecule has 106 valence electrons. The van der Waals surface area contributed by atoms with Gasteiger partial charge < -0.3 is 9.47 Å². The smallest absolute Gasteiger partial charge is 0.224 e. The fourth-order valence-corrected chi connectivity index (χ4v) is 2.10. The first kappa shape index (κ1) is 14.8. The van der Waals surface area contributed by atoms with E-state index in [0.29, 0.717) is 23.5 Å². The van der Waals surface area contributed by atoms with Gasteiger partial charge in [0.2, 0.25) is 5.88 Å². The van der Waals surface area contributed by atoms with Crippen LogP contribution < -0.4 is 4.74 Å². The summed E-state index contributed by atoms with van der Waals surface area (Å²) in [6.45, 7) is 6.40. The van der Waals surface area contributed by atoms with E-state index in [-0.39, 0.29) is 0 Å². The Hall–Kier alpha value is -1.65. The summed E-state index contributed by atoms with van der Waals surface area (Å²) in [4.78, 5) is 8.35. The summed E-state index contributed by atoms with van der Waals surface area (Å²) in [6.07, 6.45) is 0. The Bertz CT molecular complexity index is 630. The van der Waals surface area contributed by atoms with Crippen LogP contribution in [0.3, 0.4) is 0 Å². The molecule has 1 aromatic carbocycles. The van der Waals surface area contributed by atoms with Gasteiger partial charge in [0.05, 0.1) is 0 Å². The van der Waals surface area contributed by atoms with Crippen molar-refractivity contribution in [1.82, 2.24) is 9.97 Å². The number of nitrogens with zero attached hydrogens (tertiary/aromatic N) is 2. The normalized spacial score (nSPS) is 10.7. The molecule has 0 aliphatic carbocycles. The van der Waals surface area contributed by atoms with Gasteiger partial charge in [0.25, 0.3) is 0 Å². The van der Waals surface area contributed by atoms with Gasteiger partial charge in [-0.2, -0.15) is 4.98 Å². The molecule has 0 N–H and O–H groups in total. The molecule has 2 aromatic rings. The summed E-state index contributed by atoms with van der Waals surface area (Å²) in [5, 5.41) is 0.337. The molecule has 0 radical (unpaired) electrons. The summed E-state index contributed by atoms with van der Waals surface area (Å²) >= 11 is 5.97. The highest BCUT2D eigenvalue weighted by Gasteiger charge is 2.09. The average molecular weight is 293 g/mol. The Morgan fingerprint density at radius 2 is 1.85 bits per heavy atom. The summed E-state index contributed by atoms with van der Waals surface area (Å²) in [6, 6.07) is 5.69. The molecule has 0 aliphatic heterocycles. The third kappa shape index (κ3) is 3.46. The molecule has 4 nitrogen and oxygen atoms in total. The van der Waals surface area contributed by atoms with Crippen molar-refractivity contribution in [3.63, 3.8) is 0 Å². The number of benzene rings is 1. The van der Waals surface area contributed by atoms with E-state index in [9.17, 15) is 0 Å². The molecule has 0 fully saturated rings. The van der Waals surface area contributed by atoms with E-state index in [4.69, 9.17) is 21.1 Å². The van der Waals surface area contributed by atoms with E-state index >= 15 is 0 Å². The minimum atomic E-state index is 0.294. The number of rotatable bonds is 4. The second-order valence-corrected chi connectivity index (χ2v) is 5.07. The lowest BCUT2D eigenvalue weighted by Crippen LogP contribution is -2.00. The Kier molecular flexibility index (Phi) is 4.57. The van der Waals surface area contributed by atoms with Gasteiger partial charge in [-0.15, -0.1) is 0 Å². The van der Waals surface area contributed by atoms with Gasteiger partial charge in [-0.1, -0.05) is 17.7 Å². The molecule has 0 bridgehead atoms. The first-order valence-electron chi connectivity index (χ1n) is 6.27. The maximum absolute atomic E-state index is 5.97. The molecule has 0 unspecified atom stereocenters. The summed E-state index contributed by atoms with van der Waals surface area (Å²) in [5.74, 6) is 1.70. The van der Waals surface area contributed by atoms with Gasteiger partial charge in [0.15, 0.2) is 5.82 Å². The van der Waals surface area contributed by atoms with Gasteiger partial charge in [-0.3, -0.25) is 0 Å². The van der Waals surface area contributed by atoms with E-state index in [1.54, 1.807) is 13.2 Å². The SMILES string of the molecule is COCc1nc(Cl)cc(Oc2cc(C)cc(C)c2C)n1. The third-order valence-corrected chi connectivity index (χ3v) is 3.16. The molecular formula is C15H17ClN2O2. The van der Waals surface area contributed by atoms with Crippen molar-refractivity contribution in [2.75, 3.05) is 7.11 Å². The van der Waals surface area contributed by atoms with Crippen LogP contribution in [0, 0.1) is 20.8 Å². The van der Waals surface area contributed by atoms with Crippen molar-refractivity contribution >= 4 is 11.6 Å². The van der Waals surface area contributed by atoms with Crippen LogP contribution in [0.1, 0.15) is 22.5 Å². The minimum absolute atomic E-state index is 0.294. The lowest BCUT2D eigenvalue weighted by atomic mass is 10.1. The van der Waals surface area contributed by atoms with Gasteiger partial charge in [0.1, 0.15) is 17.5 Å². The Labute approximate surface area is 123 Å². The van der Waals surface area contributed by atoms with Crippen molar-refractivity contribution in [3.8, 4) is 11.6 Å². The fraction of sp³-hybridized carbons (Fsp3) is 0.333. The van der Waals surface area contributed by atoms with Crippen LogP contribution in [-0.4, -0.2) is 17.1 Å². The number of methoxy groups -OCH3 is 1. The maximum Gasteiger partial charge on any atom is 0.224 e. The third-order valence-electron chi connectivity index (χ3n) is 2.97. The van der Waals surface area contributed by atoms with Crippen LogP contribution in [0.4, 0.5) is 0 Å². The molecule has 0 spiro atoms. The van der Waals surface area contributed by atoms with Crippen LogP contribution in [0.2, 0.25) is 5.15 Å². The standard InChI is InChI=1S/C15H17ClN2O2/c1-9-5-10(2)11(3)12(6-9)20-15-7-13(16)17-14(18-15)8-19-4/h5-7H,8H2,1-4H3. The first-order valence-corrected chi connectivity index (χ1v) is 6.65. The van der Waals surface area contributed by atoms with Gasteiger partial charge >= 0.3 is 0 Å². The predicted octanol–water partition coefficient (Wildman–Crippen LogP) is 3.99. The predicted molar refractivity (Wildman–Crippen MR) is 78.5 cm³/mol. The number of aromatic nitrogens is 2. The molecule has 1 aromatic heterocycles. The van der Waals surface area contributed by atoms with Gasteiger partial charge in [-0.05, 0) is 43.5 Å². The molecular weight excluding hydrogens is 276 g/mol. The lowest BCUT2D eigenvalue weighted by molar-refractivity contribution is 0.177. The van der Waals surface area contributed by atoms with Crippen LogP contribution in [0.5, 0.6) is 11.6 Å². The van der Waals surface area contributed by atoms with E-state index in [2.05, 4.69) is 23.0 Å². The lowest BCUT2D eigenvalue weighted by Gasteiger charge is -2.12. The van der Waals surface area contributed by atoms with Crippen molar-refractivity contribution in [3.05, 3.63) is 45.9 Å². The second kappa shape index (κ2) is 6.20. The summed E-state index contributed by atoms with van der Waals surface area (Å²) < 4.78 is 10.9. The fourth-order valence-electron chi connectivity index (χ4n) is 1.91. The number of ether oxygens (including phenoxy) is 2. The highest BCUT2D eigenvalue weighted by molar-refractivity contribution is 6.29. The quantitative estimate of drug-likeness (QED) is 0.799. The summed E-state index contributed by atoms with van der Waals surface area (Å²) in [5.41, 5.74) is 3.40. The highest BCUT2D eigenvalue weighted by Crippen LogP contribution is 2.28. The number of aryl methyl sites for hydroxylation is 2. The molecule has 5 heteroatoms. The molecule has 0 amide bonds. The largest absolute Gasteiger partial charge is 0.439 e. The molecule has 20 heavy (non-hydrogen) atoms. The Balaban J connectivity index is 2.34. The highest BCUT2D eigenvalue weighted by atomic mass is 35.5. The zero-order valence-electron chi connectivity index (χ0n) is 12.0. The number of hydrogen-bond acceptors (Lipinski definition) is 4. The molecule has 2 rings (SSSR count).